The molecule has 0 bridgehead atoms. The third kappa shape index (κ3) is 3.96. The van der Waals surface area contributed by atoms with E-state index in [0.29, 0.717) is 6.61 Å². The highest BCUT2D eigenvalue weighted by atomic mass is 19.3. The Morgan fingerprint density at radius 2 is 2.25 bits per heavy atom. The first-order valence-electron chi connectivity index (χ1n) is 5.80. The largest absolute Gasteiger partial charge is 0.386 e. The molecule has 1 saturated heterocycles. The summed E-state index contributed by atoms with van der Waals surface area (Å²) in [4.78, 5) is 0. The van der Waals surface area contributed by atoms with Crippen molar-refractivity contribution in [1.82, 2.24) is 5.32 Å². The van der Waals surface area contributed by atoms with E-state index < -0.39 is 12.5 Å². The highest BCUT2D eigenvalue weighted by Gasteiger charge is 2.31. The van der Waals surface area contributed by atoms with Crippen molar-refractivity contribution >= 4 is 0 Å². The summed E-state index contributed by atoms with van der Waals surface area (Å²) in [7, 11) is 0. The van der Waals surface area contributed by atoms with E-state index in [4.69, 9.17) is 9.84 Å². The first-order valence-corrected chi connectivity index (χ1v) is 5.80. The van der Waals surface area contributed by atoms with E-state index >= 15 is 0 Å². The molecule has 1 rings (SSSR count). The van der Waals surface area contributed by atoms with Crippen LogP contribution in [0.3, 0.4) is 0 Å². The van der Waals surface area contributed by atoms with E-state index in [0.717, 1.165) is 19.3 Å². The van der Waals surface area contributed by atoms with Crippen molar-refractivity contribution in [3.8, 4) is 0 Å². The molecule has 3 unspecified atom stereocenters. The third-order valence-electron chi connectivity index (χ3n) is 3.25. The lowest BCUT2D eigenvalue weighted by Gasteiger charge is -2.38. The number of aliphatic hydroxyl groups is 1. The van der Waals surface area contributed by atoms with Crippen molar-refractivity contribution < 1.29 is 18.6 Å². The summed E-state index contributed by atoms with van der Waals surface area (Å²) < 4.78 is 29.8. The molecule has 5 heteroatoms. The lowest BCUT2D eigenvalue weighted by Crippen LogP contribution is -2.47. The summed E-state index contributed by atoms with van der Waals surface area (Å²) in [6.07, 6.45) is -1.73. The molecule has 1 aliphatic heterocycles. The second-order valence-corrected chi connectivity index (χ2v) is 4.65. The Kier molecular flexibility index (Phi) is 5.08. The first-order chi connectivity index (χ1) is 7.47. The number of hydrogen-bond acceptors (Lipinski definition) is 3. The molecule has 1 aliphatic rings. The van der Waals surface area contributed by atoms with Crippen LogP contribution < -0.4 is 5.32 Å². The third-order valence-corrected chi connectivity index (χ3v) is 3.25. The van der Waals surface area contributed by atoms with Crippen LogP contribution in [0.5, 0.6) is 0 Å². The lowest BCUT2D eigenvalue weighted by molar-refractivity contribution is -0.0805. The topological polar surface area (TPSA) is 41.5 Å². The quantitative estimate of drug-likeness (QED) is 0.762. The minimum atomic E-state index is -2.68. The van der Waals surface area contributed by atoms with Crippen LogP contribution in [0, 0.1) is 0 Å². The monoisotopic (exact) mass is 237 g/mol. The van der Waals surface area contributed by atoms with Crippen molar-refractivity contribution in [2.45, 2.75) is 57.3 Å². The van der Waals surface area contributed by atoms with Crippen molar-refractivity contribution in [3.63, 3.8) is 0 Å². The van der Waals surface area contributed by atoms with Crippen LogP contribution in [0.25, 0.3) is 0 Å². The van der Waals surface area contributed by atoms with Gasteiger partial charge in [-0.2, -0.15) is 0 Å². The molecule has 0 aromatic heterocycles. The molecule has 0 saturated carbocycles. The van der Waals surface area contributed by atoms with Crippen LogP contribution in [0.15, 0.2) is 0 Å². The minimum absolute atomic E-state index is 0.0534. The second kappa shape index (κ2) is 5.89. The number of rotatable bonds is 5. The summed E-state index contributed by atoms with van der Waals surface area (Å²) in [5.41, 5.74) is -0.161. The molecular weight excluding hydrogens is 216 g/mol. The normalized spacial score (nSPS) is 33.0. The predicted octanol–water partition coefficient (Wildman–Crippen LogP) is 1.55. The van der Waals surface area contributed by atoms with E-state index in [9.17, 15) is 8.78 Å². The van der Waals surface area contributed by atoms with Gasteiger partial charge in [0.25, 0.3) is 6.43 Å². The van der Waals surface area contributed by atoms with E-state index in [2.05, 4.69) is 12.2 Å². The van der Waals surface area contributed by atoms with Crippen LogP contribution in [0.2, 0.25) is 0 Å². The molecule has 2 N–H and O–H groups in total. The Balaban J connectivity index is 2.32. The Morgan fingerprint density at radius 3 is 2.81 bits per heavy atom. The average Bonchev–Trinajstić information content (AvgIpc) is 2.26. The molecule has 1 fully saturated rings. The Hall–Kier alpha value is -0.260. The van der Waals surface area contributed by atoms with Gasteiger partial charge in [-0.1, -0.05) is 6.92 Å². The molecule has 96 valence electrons. The van der Waals surface area contributed by atoms with Crippen molar-refractivity contribution in [2.24, 2.45) is 0 Å². The van der Waals surface area contributed by atoms with E-state index in [1.165, 1.54) is 0 Å². The molecular formula is C11H21F2NO2. The fourth-order valence-electron chi connectivity index (χ4n) is 1.93. The molecule has 0 aromatic carbocycles. The predicted molar refractivity (Wildman–Crippen MR) is 57.7 cm³/mol. The van der Waals surface area contributed by atoms with Crippen LogP contribution >= 0.6 is 0 Å². The van der Waals surface area contributed by atoms with E-state index in [1.54, 1.807) is 0 Å². The number of alkyl halides is 2. The maximum Gasteiger partial charge on any atom is 0.265 e. The van der Waals surface area contributed by atoms with E-state index in [1.807, 2.05) is 6.92 Å². The maximum atomic E-state index is 12.1. The summed E-state index contributed by atoms with van der Waals surface area (Å²) in [5, 5.41) is 12.0. The summed E-state index contributed by atoms with van der Waals surface area (Å²) >= 11 is 0. The smallest absolute Gasteiger partial charge is 0.265 e. The number of nitrogens with one attached hydrogen (secondary N) is 1. The Morgan fingerprint density at radius 1 is 1.56 bits per heavy atom. The standard InChI is InChI=1S/C11H21F2NO2/c1-3-11(2)6-8(4-5-16-11)14-7-9(15)10(12)13/h8-10,14-15H,3-7H2,1-2H3. The maximum absolute atomic E-state index is 12.1. The van der Waals surface area contributed by atoms with Gasteiger partial charge in [-0.3, -0.25) is 0 Å². The molecule has 0 amide bonds. The van der Waals surface area contributed by atoms with Crippen LogP contribution in [0.4, 0.5) is 8.78 Å². The summed E-state index contributed by atoms with van der Waals surface area (Å²) in [6, 6.07) is 0.159. The molecule has 3 atom stereocenters. The zero-order valence-electron chi connectivity index (χ0n) is 9.88. The SMILES string of the molecule is CCC1(C)CC(NCC(O)C(F)F)CCO1. The Labute approximate surface area is 95.2 Å². The fraction of sp³-hybridized carbons (Fsp3) is 1.00. The van der Waals surface area contributed by atoms with Crippen molar-refractivity contribution in [2.75, 3.05) is 13.2 Å². The van der Waals surface area contributed by atoms with Gasteiger partial charge < -0.3 is 15.2 Å². The minimum Gasteiger partial charge on any atom is -0.386 e. The van der Waals surface area contributed by atoms with Crippen LogP contribution in [-0.4, -0.2) is 42.4 Å². The van der Waals surface area contributed by atoms with Crippen molar-refractivity contribution in [3.05, 3.63) is 0 Å². The molecule has 3 nitrogen and oxygen atoms in total. The highest BCUT2D eigenvalue weighted by molar-refractivity contribution is 4.86. The van der Waals surface area contributed by atoms with E-state index in [-0.39, 0.29) is 18.2 Å². The number of halogens is 2. The highest BCUT2D eigenvalue weighted by Crippen LogP contribution is 2.27. The number of ether oxygens (including phenoxy) is 1. The summed E-state index contributed by atoms with van der Waals surface area (Å²) in [6.45, 7) is 4.68. The molecule has 0 spiro atoms. The average molecular weight is 237 g/mol. The molecule has 0 aromatic rings. The zero-order valence-corrected chi connectivity index (χ0v) is 9.88. The van der Waals surface area contributed by atoms with Gasteiger partial charge in [-0.05, 0) is 26.2 Å². The van der Waals surface area contributed by atoms with Gasteiger partial charge in [-0.15, -0.1) is 0 Å². The fourth-order valence-corrected chi connectivity index (χ4v) is 1.93. The molecule has 0 aliphatic carbocycles. The van der Waals surface area contributed by atoms with Gasteiger partial charge in [0.2, 0.25) is 0 Å². The van der Waals surface area contributed by atoms with Gasteiger partial charge in [0.05, 0.1) is 5.60 Å². The van der Waals surface area contributed by atoms with Crippen molar-refractivity contribution in [1.29, 1.82) is 0 Å². The first kappa shape index (κ1) is 13.8. The van der Waals surface area contributed by atoms with Gasteiger partial charge in [0.15, 0.2) is 0 Å². The van der Waals surface area contributed by atoms with Gasteiger partial charge in [0.1, 0.15) is 6.10 Å². The summed E-state index contributed by atoms with van der Waals surface area (Å²) in [5.74, 6) is 0. The van der Waals surface area contributed by atoms with Gasteiger partial charge in [-0.25, -0.2) is 8.78 Å². The molecule has 0 radical (unpaired) electrons. The Bertz CT molecular complexity index is 216. The van der Waals surface area contributed by atoms with Gasteiger partial charge in [0, 0.05) is 19.2 Å². The lowest BCUT2D eigenvalue weighted by atomic mass is 9.90. The number of hydrogen-bond donors (Lipinski definition) is 2. The van der Waals surface area contributed by atoms with Gasteiger partial charge >= 0.3 is 0 Å². The van der Waals surface area contributed by atoms with Crippen LogP contribution in [0.1, 0.15) is 33.1 Å². The zero-order chi connectivity index (χ0) is 12.2. The molecule has 16 heavy (non-hydrogen) atoms. The molecule has 1 heterocycles. The van der Waals surface area contributed by atoms with Crippen LogP contribution in [-0.2, 0) is 4.74 Å². The number of aliphatic hydroxyl groups excluding tert-OH is 1. The second-order valence-electron chi connectivity index (χ2n) is 4.65.